The maximum Gasteiger partial charge on any atom is 0.0919 e. The second-order valence-electron chi connectivity index (χ2n) is 5.72. The lowest BCUT2D eigenvalue weighted by atomic mass is 9.99. The average molecular weight is 311 g/mol. The predicted octanol–water partition coefficient (Wildman–Crippen LogP) is 6.27. The highest BCUT2D eigenvalue weighted by Crippen LogP contribution is 2.38. The van der Waals surface area contributed by atoms with E-state index in [0.29, 0.717) is 0 Å². The van der Waals surface area contributed by atoms with Crippen LogP contribution >= 0.6 is 11.5 Å². The van der Waals surface area contributed by atoms with E-state index < -0.39 is 0 Å². The number of rotatable bonds is 1. The molecule has 4 aromatic carbocycles. The highest BCUT2D eigenvalue weighted by molar-refractivity contribution is 7.15. The molecule has 5 aromatic rings. The van der Waals surface area contributed by atoms with Gasteiger partial charge in [0.25, 0.3) is 0 Å². The number of benzene rings is 4. The quantitative estimate of drug-likeness (QED) is 0.332. The molecule has 1 nitrogen and oxygen atoms in total. The molecular formula is C21H13NS. The second kappa shape index (κ2) is 4.90. The van der Waals surface area contributed by atoms with Crippen molar-refractivity contribution < 1.29 is 0 Å². The summed E-state index contributed by atoms with van der Waals surface area (Å²) in [5.41, 5.74) is 2.26. The van der Waals surface area contributed by atoms with Gasteiger partial charge in [-0.05, 0) is 27.7 Å². The van der Waals surface area contributed by atoms with Crippen LogP contribution in [-0.4, -0.2) is 4.37 Å². The fourth-order valence-corrected chi connectivity index (χ4v) is 4.26. The first-order valence-corrected chi connectivity index (χ1v) is 8.44. The number of fused-ring (bicyclic) bond motifs is 5. The first-order chi connectivity index (χ1) is 11.4. The molecule has 0 fully saturated rings. The van der Waals surface area contributed by atoms with Crippen LogP contribution in [-0.2, 0) is 0 Å². The van der Waals surface area contributed by atoms with Crippen LogP contribution < -0.4 is 0 Å². The molecule has 1 aromatic heterocycles. The van der Waals surface area contributed by atoms with E-state index in [0.717, 1.165) is 5.69 Å². The molecule has 0 saturated heterocycles. The first kappa shape index (κ1) is 12.8. The van der Waals surface area contributed by atoms with Crippen molar-refractivity contribution in [3.8, 4) is 11.3 Å². The van der Waals surface area contributed by atoms with Crippen molar-refractivity contribution in [2.75, 3.05) is 0 Å². The lowest BCUT2D eigenvalue weighted by Gasteiger charge is -2.05. The average Bonchev–Trinajstić information content (AvgIpc) is 3.06. The maximum absolute atomic E-state index is 4.76. The van der Waals surface area contributed by atoms with Crippen molar-refractivity contribution in [2.45, 2.75) is 0 Å². The molecule has 5 rings (SSSR count). The molecule has 23 heavy (non-hydrogen) atoms. The minimum absolute atomic E-state index is 1.08. The third-order valence-corrected chi connectivity index (χ3v) is 5.27. The lowest BCUT2D eigenvalue weighted by molar-refractivity contribution is 1.54. The molecule has 1 heterocycles. The summed E-state index contributed by atoms with van der Waals surface area (Å²) < 4.78 is 6.04. The summed E-state index contributed by atoms with van der Waals surface area (Å²) in [5.74, 6) is 0. The van der Waals surface area contributed by atoms with Crippen LogP contribution in [0.15, 0.2) is 78.9 Å². The van der Waals surface area contributed by atoms with Gasteiger partial charge in [-0.3, -0.25) is 0 Å². The third kappa shape index (κ3) is 1.89. The van der Waals surface area contributed by atoms with Crippen LogP contribution in [0.1, 0.15) is 0 Å². The molecule has 108 valence electrons. The van der Waals surface area contributed by atoms with Crippen LogP contribution in [0.2, 0.25) is 0 Å². The van der Waals surface area contributed by atoms with E-state index in [9.17, 15) is 0 Å². The van der Waals surface area contributed by atoms with Crippen molar-refractivity contribution in [1.29, 1.82) is 0 Å². The Morgan fingerprint density at radius 3 is 2.26 bits per heavy atom. The van der Waals surface area contributed by atoms with Gasteiger partial charge in [-0.25, -0.2) is 0 Å². The zero-order valence-corrected chi connectivity index (χ0v) is 13.2. The van der Waals surface area contributed by atoms with Crippen molar-refractivity contribution in [3.63, 3.8) is 0 Å². The fraction of sp³-hybridized carbons (Fsp3) is 0. The van der Waals surface area contributed by atoms with E-state index in [2.05, 4.69) is 72.8 Å². The topological polar surface area (TPSA) is 12.9 Å². The minimum Gasteiger partial charge on any atom is -0.191 e. The molecule has 2 heteroatoms. The van der Waals surface area contributed by atoms with Gasteiger partial charge in [0.05, 0.1) is 10.4 Å². The highest BCUT2D eigenvalue weighted by Gasteiger charge is 2.12. The van der Waals surface area contributed by atoms with Crippen molar-refractivity contribution in [1.82, 2.24) is 4.37 Å². The summed E-state index contributed by atoms with van der Waals surface area (Å²) in [4.78, 5) is 0. The molecule has 0 radical (unpaired) electrons. The zero-order chi connectivity index (χ0) is 15.2. The van der Waals surface area contributed by atoms with Crippen LogP contribution in [0.3, 0.4) is 0 Å². The normalized spacial score (nSPS) is 11.5. The van der Waals surface area contributed by atoms with E-state index in [4.69, 9.17) is 4.37 Å². The van der Waals surface area contributed by atoms with Crippen molar-refractivity contribution in [3.05, 3.63) is 78.9 Å². The van der Waals surface area contributed by atoms with E-state index >= 15 is 0 Å². The number of hydrogen-bond acceptors (Lipinski definition) is 2. The Morgan fingerprint density at radius 2 is 1.35 bits per heavy atom. The summed E-state index contributed by atoms with van der Waals surface area (Å²) in [6.07, 6.45) is 0. The minimum atomic E-state index is 1.08. The third-order valence-electron chi connectivity index (χ3n) is 4.39. The van der Waals surface area contributed by atoms with Gasteiger partial charge in [0.1, 0.15) is 0 Å². The molecule has 0 saturated carbocycles. The van der Waals surface area contributed by atoms with Gasteiger partial charge in [0.15, 0.2) is 0 Å². The van der Waals surface area contributed by atoms with E-state index in [1.807, 2.05) is 6.07 Å². The fourth-order valence-electron chi connectivity index (χ4n) is 3.29. The van der Waals surface area contributed by atoms with E-state index in [-0.39, 0.29) is 0 Å². The highest BCUT2D eigenvalue weighted by atomic mass is 32.1. The first-order valence-electron chi connectivity index (χ1n) is 7.67. The Bertz CT molecular complexity index is 1160. The largest absolute Gasteiger partial charge is 0.191 e. The molecule has 0 N–H and O–H groups in total. The van der Waals surface area contributed by atoms with Gasteiger partial charge in [-0.1, -0.05) is 78.9 Å². The molecule has 0 aliphatic carbocycles. The Labute approximate surface area is 138 Å². The predicted molar refractivity (Wildman–Crippen MR) is 100 cm³/mol. The molecule has 0 unspecified atom stereocenters. The smallest absolute Gasteiger partial charge is 0.0919 e. The maximum atomic E-state index is 4.76. The molecular weight excluding hydrogens is 298 g/mol. The van der Waals surface area contributed by atoms with Crippen LogP contribution in [0.4, 0.5) is 0 Å². The summed E-state index contributed by atoms with van der Waals surface area (Å²) in [6, 6.07) is 27.8. The van der Waals surface area contributed by atoms with Crippen molar-refractivity contribution in [2.24, 2.45) is 0 Å². The molecule has 0 aliphatic heterocycles. The zero-order valence-electron chi connectivity index (χ0n) is 12.4. The monoisotopic (exact) mass is 311 g/mol. The summed E-state index contributed by atoms with van der Waals surface area (Å²) in [7, 11) is 0. The Balaban J connectivity index is 1.94. The molecule has 0 atom stereocenters. The molecule has 0 amide bonds. The molecule has 0 aliphatic rings. The van der Waals surface area contributed by atoms with E-state index in [1.54, 1.807) is 11.5 Å². The molecule has 0 spiro atoms. The second-order valence-corrected chi connectivity index (χ2v) is 6.50. The van der Waals surface area contributed by atoms with Crippen LogP contribution in [0, 0.1) is 0 Å². The van der Waals surface area contributed by atoms with Crippen LogP contribution in [0.5, 0.6) is 0 Å². The summed E-state index contributed by atoms with van der Waals surface area (Å²) in [5, 5.41) is 6.42. The van der Waals surface area contributed by atoms with Crippen molar-refractivity contribution >= 4 is 43.2 Å². The standard InChI is InChI=1S/C21H13NS/c1-2-7-16(8-3-1)20-18-13-12-15-11-10-14-6-4-5-9-17(14)19(15)21(18)23-22-20/h1-13H. The molecule has 0 bridgehead atoms. The SMILES string of the molecule is c1ccc(-c2nsc3c2ccc2ccc4ccccc4c23)cc1. The van der Waals surface area contributed by atoms with Gasteiger partial charge in [0.2, 0.25) is 0 Å². The number of nitrogens with zero attached hydrogens (tertiary/aromatic N) is 1. The lowest BCUT2D eigenvalue weighted by Crippen LogP contribution is -1.80. The van der Waals surface area contributed by atoms with Gasteiger partial charge >= 0.3 is 0 Å². The van der Waals surface area contributed by atoms with Gasteiger partial charge < -0.3 is 0 Å². The number of aromatic nitrogens is 1. The van der Waals surface area contributed by atoms with Crippen LogP contribution in [0.25, 0.3) is 42.9 Å². The van der Waals surface area contributed by atoms with Gasteiger partial charge in [0, 0.05) is 16.3 Å². The van der Waals surface area contributed by atoms with Gasteiger partial charge in [-0.15, -0.1) is 0 Å². The number of hydrogen-bond donors (Lipinski definition) is 0. The van der Waals surface area contributed by atoms with E-state index in [1.165, 1.54) is 37.2 Å². The Morgan fingerprint density at radius 1 is 0.609 bits per heavy atom. The Hall–Kier alpha value is -2.71. The summed E-state index contributed by atoms with van der Waals surface area (Å²) >= 11 is 1.60. The van der Waals surface area contributed by atoms with Gasteiger partial charge in [-0.2, -0.15) is 4.37 Å². The summed E-state index contributed by atoms with van der Waals surface area (Å²) in [6.45, 7) is 0. The Kier molecular flexibility index (Phi) is 2.73.